The van der Waals surface area contributed by atoms with Gasteiger partial charge < -0.3 is 5.11 Å². The summed E-state index contributed by atoms with van der Waals surface area (Å²) in [5.41, 5.74) is 1.70. The van der Waals surface area contributed by atoms with E-state index in [0.717, 1.165) is 5.56 Å². The fourth-order valence-corrected chi connectivity index (χ4v) is 3.41. The molecule has 1 aromatic heterocycles. The Bertz CT molecular complexity index is 720. The van der Waals surface area contributed by atoms with Crippen LogP contribution >= 0.6 is 11.3 Å². The van der Waals surface area contributed by atoms with E-state index in [1.54, 1.807) is 29.5 Å². The van der Waals surface area contributed by atoms with Gasteiger partial charge in [0.25, 0.3) is 0 Å². The van der Waals surface area contributed by atoms with Gasteiger partial charge in [0, 0.05) is 17.5 Å². The second kappa shape index (κ2) is 5.73. The molecule has 0 bridgehead atoms. The number of rotatable bonds is 4. The van der Waals surface area contributed by atoms with Gasteiger partial charge in [-0.15, -0.1) is 11.3 Å². The van der Waals surface area contributed by atoms with Gasteiger partial charge in [-0.2, -0.15) is 0 Å². The third-order valence-electron chi connectivity index (χ3n) is 3.43. The summed E-state index contributed by atoms with van der Waals surface area (Å²) < 4.78 is 14.8. The Morgan fingerprint density at radius 3 is 2.50 bits per heavy atom. The van der Waals surface area contributed by atoms with Crippen LogP contribution in [0.15, 0.2) is 53.9 Å². The minimum atomic E-state index is -0.565. The monoisotopic (exact) mass is 286 g/mol. The lowest BCUT2D eigenvalue weighted by molar-refractivity contribution is 0.174. The van der Waals surface area contributed by atoms with Crippen LogP contribution in [0, 0.1) is 5.82 Å². The Hall–Kier alpha value is -1.71. The lowest BCUT2D eigenvalue weighted by Crippen LogP contribution is -2.14. The Morgan fingerprint density at radius 1 is 0.950 bits per heavy atom. The molecule has 102 valence electrons. The van der Waals surface area contributed by atoms with E-state index < -0.39 is 6.10 Å². The van der Waals surface area contributed by atoms with Crippen molar-refractivity contribution in [2.75, 3.05) is 0 Å². The first kappa shape index (κ1) is 13.3. The van der Waals surface area contributed by atoms with Gasteiger partial charge in [-0.3, -0.25) is 0 Å². The molecule has 0 spiro atoms. The maximum Gasteiger partial charge on any atom is 0.126 e. The van der Waals surface area contributed by atoms with Gasteiger partial charge >= 0.3 is 0 Å². The minimum absolute atomic E-state index is 0.248. The molecule has 0 amide bonds. The number of hydrogen-bond donors (Lipinski definition) is 1. The van der Waals surface area contributed by atoms with E-state index in [1.165, 1.54) is 16.2 Å². The van der Waals surface area contributed by atoms with E-state index in [1.807, 2.05) is 12.1 Å². The summed E-state index contributed by atoms with van der Waals surface area (Å²) >= 11 is 1.68. The predicted molar refractivity (Wildman–Crippen MR) is 81.6 cm³/mol. The minimum Gasteiger partial charge on any atom is -0.392 e. The van der Waals surface area contributed by atoms with Crippen LogP contribution in [-0.4, -0.2) is 11.2 Å². The van der Waals surface area contributed by atoms with Crippen molar-refractivity contribution in [2.24, 2.45) is 0 Å². The topological polar surface area (TPSA) is 20.2 Å². The van der Waals surface area contributed by atoms with Crippen molar-refractivity contribution >= 4 is 21.4 Å². The van der Waals surface area contributed by atoms with Gasteiger partial charge in [-0.1, -0.05) is 36.4 Å². The molecule has 0 saturated carbocycles. The van der Waals surface area contributed by atoms with Crippen LogP contribution in [0.2, 0.25) is 0 Å². The van der Waals surface area contributed by atoms with Crippen LogP contribution in [0.3, 0.4) is 0 Å². The number of fused-ring (bicyclic) bond motifs is 1. The van der Waals surface area contributed by atoms with Gasteiger partial charge in [0.1, 0.15) is 5.82 Å². The molecule has 1 heterocycles. The van der Waals surface area contributed by atoms with Crippen molar-refractivity contribution in [2.45, 2.75) is 18.9 Å². The summed E-state index contributed by atoms with van der Waals surface area (Å²) in [6.45, 7) is 0. The zero-order chi connectivity index (χ0) is 13.9. The molecule has 0 radical (unpaired) electrons. The quantitative estimate of drug-likeness (QED) is 0.762. The van der Waals surface area contributed by atoms with E-state index in [9.17, 15) is 9.50 Å². The molecule has 1 unspecified atom stereocenters. The highest BCUT2D eigenvalue weighted by Gasteiger charge is 2.12. The number of benzene rings is 2. The maximum atomic E-state index is 13.6. The molecule has 0 aliphatic heterocycles. The summed E-state index contributed by atoms with van der Waals surface area (Å²) in [5.74, 6) is -0.248. The average Bonchev–Trinajstić information content (AvgIpc) is 2.85. The second-order valence-electron chi connectivity index (χ2n) is 4.91. The third kappa shape index (κ3) is 2.74. The molecule has 3 heteroatoms. The number of aliphatic hydroxyl groups excluding tert-OH is 1. The molecule has 3 rings (SSSR count). The maximum absolute atomic E-state index is 13.6. The van der Waals surface area contributed by atoms with Crippen molar-refractivity contribution in [3.63, 3.8) is 0 Å². The molecular weight excluding hydrogens is 271 g/mol. The molecule has 1 N–H and O–H groups in total. The molecule has 0 aliphatic rings. The van der Waals surface area contributed by atoms with Crippen LogP contribution < -0.4 is 0 Å². The number of thiophene rings is 1. The van der Waals surface area contributed by atoms with Crippen LogP contribution in [-0.2, 0) is 12.8 Å². The summed E-state index contributed by atoms with van der Waals surface area (Å²) in [6.07, 6.45) is 0.333. The Labute approximate surface area is 121 Å². The Balaban J connectivity index is 1.76. The zero-order valence-corrected chi connectivity index (χ0v) is 11.7. The molecule has 1 atom stereocenters. The van der Waals surface area contributed by atoms with Crippen molar-refractivity contribution in [1.29, 1.82) is 0 Å². The van der Waals surface area contributed by atoms with Gasteiger partial charge in [0.05, 0.1) is 6.10 Å². The number of aliphatic hydroxyl groups is 1. The predicted octanol–water partition coefficient (Wildman–Crippen LogP) is 4.19. The van der Waals surface area contributed by atoms with Crippen LogP contribution in [0.1, 0.15) is 11.1 Å². The van der Waals surface area contributed by atoms with E-state index in [2.05, 4.69) is 17.5 Å². The van der Waals surface area contributed by atoms with E-state index in [-0.39, 0.29) is 5.82 Å². The van der Waals surface area contributed by atoms with Gasteiger partial charge in [0.2, 0.25) is 0 Å². The molecular formula is C17H15FOS. The molecule has 0 aliphatic carbocycles. The highest BCUT2D eigenvalue weighted by molar-refractivity contribution is 7.17. The van der Waals surface area contributed by atoms with Crippen LogP contribution in [0.4, 0.5) is 4.39 Å². The lowest BCUT2D eigenvalue weighted by Gasteiger charge is -2.11. The molecule has 0 saturated heterocycles. The van der Waals surface area contributed by atoms with E-state index in [0.29, 0.717) is 18.4 Å². The summed E-state index contributed by atoms with van der Waals surface area (Å²) in [6, 6.07) is 14.8. The van der Waals surface area contributed by atoms with Crippen molar-refractivity contribution in [3.8, 4) is 0 Å². The first-order valence-corrected chi connectivity index (χ1v) is 7.48. The molecule has 20 heavy (non-hydrogen) atoms. The van der Waals surface area contributed by atoms with Crippen molar-refractivity contribution in [3.05, 3.63) is 70.9 Å². The van der Waals surface area contributed by atoms with Gasteiger partial charge in [0.15, 0.2) is 0 Å². The smallest absolute Gasteiger partial charge is 0.126 e. The highest BCUT2D eigenvalue weighted by atomic mass is 32.1. The van der Waals surface area contributed by atoms with Crippen molar-refractivity contribution in [1.82, 2.24) is 0 Å². The fraction of sp³-hybridized carbons (Fsp3) is 0.176. The zero-order valence-electron chi connectivity index (χ0n) is 10.9. The normalized spacial score (nSPS) is 12.7. The molecule has 3 aromatic rings. The largest absolute Gasteiger partial charge is 0.392 e. The second-order valence-corrected chi connectivity index (χ2v) is 5.82. The standard InChI is InChI=1S/C17H15FOS/c18-16-7-3-1-5-12(16)9-14(19)10-13-11-20-17-8-4-2-6-15(13)17/h1-8,11,14,19H,9-10H2. The van der Waals surface area contributed by atoms with E-state index >= 15 is 0 Å². The first-order valence-electron chi connectivity index (χ1n) is 6.60. The van der Waals surface area contributed by atoms with Crippen LogP contribution in [0.25, 0.3) is 10.1 Å². The SMILES string of the molecule is OC(Cc1ccccc1F)Cc1csc2ccccc12. The van der Waals surface area contributed by atoms with E-state index in [4.69, 9.17) is 0 Å². The Morgan fingerprint density at radius 2 is 1.65 bits per heavy atom. The number of hydrogen-bond acceptors (Lipinski definition) is 2. The van der Waals surface area contributed by atoms with Crippen LogP contribution in [0.5, 0.6) is 0 Å². The fourth-order valence-electron chi connectivity index (χ4n) is 2.43. The molecule has 0 fully saturated rings. The van der Waals surface area contributed by atoms with Gasteiger partial charge in [-0.05, 0) is 34.0 Å². The van der Waals surface area contributed by atoms with Gasteiger partial charge in [-0.25, -0.2) is 4.39 Å². The lowest BCUT2D eigenvalue weighted by atomic mass is 10.0. The first-order chi connectivity index (χ1) is 9.74. The molecule has 2 aromatic carbocycles. The summed E-state index contributed by atoms with van der Waals surface area (Å²) in [4.78, 5) is 0. The van der Waals surface area contributed by atoms with Crippen molar-refractivity contribution < 1.29 is 9.50 Å². The summed E-state index contributed by atoms with van der Waals surface area (Å²) in [7, 11) is 0. The Kier molecular flexibility index (Phi) is 3.81. The average molecular weight is 286 g/mol. The third-order valence-corrected chi connectivity index (χ3v) is 4.44. The number of halogens is 1. The molecule has 1 nitrogen and oxygen atoms in total. The highest BCUT2D eigenvalue weighted by Crippen LogP contribution is 2.27. The summed E-state index contributed by atoms with van der Waals surface area (Å²) in [5, 5.41) is 13.5.